The number of hydrogen-bond acceptors (Lipinski definition) is 30. The van der Waals surface area contributed by atoms with E-state index in [-0.39, 0.29) is 89.4 Å². The molecule has 45 heteroatoms. The lowest BCUT2D eigenvalue weighted by Crippen LogP contribution is -2.64. The van der Waals surface area contributed by atoms with E-state index >= 15 is 0 Å². The van der Waals surface area contributed by atoms with Crippen molar-refractivity contribution in [2.24, 2.45) is 41.4 Å². The summed E-state index contributed by atoms with van der Waals surface area (Å²) in [6.07, 6.45) is 3.25. The van der Waals surface area contributed by atoms with Gasteiger partial charge in [-0.3, -0.25) is 14.7 Å². The first-order valence-electron chi connectivity index (χ1n) is 52.7. The highest BCUT2D eigenvalue weighted by Crippen LogP contribution is 2.41. The standard InChI is InChI=1S/C12H20N2O3.C12H22N2O3.C11H17N3.C10H16F2N2O3.C10H14FN3.C9H15NO2.2C9H17NO2.C8H15NO2.C7H13NO2.C6H8F3NO2/c1-12(3-4-12)17-11(15)14-5-9-7-16-8-10(6-14)13(9)2;1-12(2,3)17-11(15)14-5-9-7-16-8-10(6-14)13(9)4;1-9-7-12-11(13-8-9)10-3-5-14(2)6-4-10;1-10(11,12)17-9(15)14-3-7-5-16-6-8(4-14)13(7)2;1-14-4-2-8(3-5-14)10-12-6-9(11)7-13-10;1-7-5-10(6-7)8(11)12-9(2)3-4-9;1-7-5-10(6-7)8(11)12-9(2,3)4;1-7(2)6-12-9(11)10-4-8(3)5-10;1-6(2)11-8(10)9-4-7(3)5-9;1-3-10-7(9)8-4-6(2)5-8;1-4-2-10(3-4)5(11)12-6(7,8)9/h9-10H,3-8H2,1-2H3;9-10H,5-8H2,1-4H3;7-8,10H,3-6H2,1-2H3;7-8H,3-6H2,1-2H3;6-8H,2-5H2,1H3;7H,3-6H2,1-2H3;7H,5-6H2,1-4H3;7-8H,4-6H2,1-3H3;6-7H,4-5H2,1-3H3;6H,3-5H2,1-2H3;4H,2-3H2,1H3. The molecule has 18 rings (SSSR count). The van der Waals surface area contributed by atoms with Gasteiger partial charge in [-0.25, -0.2) is 67.5 Å². The van der Waals surface area contributed by atoms with Gasteiger partial charge in [-0.15, -0.1) is 13.2 Å². The highest BCUT2D eigenvalue weighted by Gasteiger charge is 2.49. The fourth-order valence-electron chi connectivity index (χ4n) is 17.6. The van der Waals surface area contributed by atoms with Crippen molar-refractivity contribution >= 4 is 54.8 Å². The number of aryl methyl sites for hydroxylation is 1. The number of hydrogen-bond donors (Lipinski definition) is 0. The number of rotatable bonds is 9. The number of likely N-dealkylation sites (N-methyl/N-ethyl adjacent to an activating group) is 3. The third kappa shape index (κ3) is 43.5. The molecule has 2 aromatic rings. The maximum absolute atomic E-state index is 12.6. The first-order valence-corrected chi connectivity index (χ1v) is 52.7. The second kappa shape index (κ2) is 56.5. The number of carbonyl (C=O) groups excluding carboxylic acids is 9. The molecule has 2 aromatic heterocycles. The molecule has 2 aliphatic carbocycles. The molecule has 14 aliphatic heterocycles. The van der Waals surface area contributed by atoms with Gasteiger partial charge in [-0.05, 0) is 243 Å². The van der Waals surface area contributed by atoms with Crippen LogP contribution in [0.15, 0.2) is 24.8 Å². The Kier molecular flexibility index (Phi) is 47.3. The monoisotopic (exact) mass is 2110 g/mol. The lowest BCUT2D eigenvalue weighted by molar-refractivity contribution is -0.296. The van der Waals surface area contributed by atoms with E-state index in [1.807, 2.05) is 133 Å². The van der Waals surface area contributed by atoms with Gasteiger partial charge in [0.25, 0.3) is 0 Å². The normalized spacial score (nSPS) is 24.0. The van der Waals surface area contributed by atoms with E-state index in [1.54, 1.807) is 24.5 Å². The molecule has 2 saturated carbocycles. The van der Waals surface area contributed by atoms with Crippen LogP contribution >= 0.6 is 0 Å². The highest BCUT2D eigenvalue weighted by atomic mass is 19.4. The number of alkyl halides is 5. The van der Waals surface area contributed by atoms with Gasteiger partial charge in [0.2, 0.25) is 0 Å². The number of carbonyl (C=O) groups is 9. The van der Waals surface area contributed by atoms with Crippen LogP contribution in [-0.2, 0) is 56.8 Å². The SMILES string of the molecule is CC(C)COC(=O)N1CC(C)C1.CC1CN(C(=O)OC(C)(C)C)C1.CC1CN(C(=O)OC(C)C)C1.CC1CN(C(=O)OC(F)(F)F)C1.CC1CN(C(=O)OC2(C)CC2)C1.CCOC(=O)N1CC(C)C1.CN1C2COCC1CN(C(=O)OC(C)(C)C)C2.CN1C2COCC1CN(C(=O)OC(C)(F)F)C2.CN1C2COCC1CN(C(=O)OC1(C)CC1)C2.CN1CCC(c2ncc(F)cn2)CC1.Cc1cnc(C2CCN(C)CC2)nc1. The molecule has 0 aromatic carbocycles. The smallest absolute Gasteiger partial charge is 0.450 e. The predicted molar refractivity (Wildman–Crippen MR) is 540 cm³/mol. The first-order chi connectivity index (χ1) is 69.1. The van der Waals surface area contributed by atoms with Gasteiger partial charge in [0.15, 0.2) is 5.82 Å². The molecule has 844 valence electrons. The third-order valence-corrected chi connectivity index (χ3v) is 27.2. The third-order valence-electron chi connectivity index (χ3n) is 27.2. The highest BCUT2D eigenvalue weighted by molar-refractivity contribution is 5.72. The summed E-state index contributed by atoms with van der Waals surface area (Å²) in [5.41, 5.74) is 0.0610. The minimum Gasteiger partial charge on any atom is -0.450 e. The van der Waals surface area contributed by atoms with E-state index in [2.05, 4.69) is 117 Å². The number of nitrogens with zero attached hydrogens (tertiary/aromatic N) is 18. The molecule has 14 saturated heterocycles. The lowest BCUT2D eigenvalue weighted by Gasteiger charge is -2.47. The molecule has 0 N–H and O–H groups in total. The Morgan fingerprint density at radius 2 is 0.635 bits per heavy atom. The predicted octanol–water partition coefficient (Wildman–Crippen LogP) is 14.8. The average molecular weight is 2110 g/mol. The van der Waals surface area contributed by atoms with Crippen molar-refractivity contribution in [3.8, 4) is 0 Å². The number of likely N-dealkylation sites (tertiary alicyclic amines) is 8. The summed E-state index contributed by atoms with van der Waals surface area (Å²) in [6.45, 7) is 62.2. The number of piperidine rings is 2. The Hall–Kier alpha value is -9.15. The molecule has 6 atom stereocenters. The average Bonchev–Trinajstić information content (AvgIpc) is 1.39. The maximum Gasteiger partial charge on any atom is 0.576 e. The summed E-state index contributed by atoms with van der Waals surface area (Å²) < 4.78 is 132. The van der Waals surface area contributed by atoms with Crippen molar-refractivity contribution in [2.75, 3.05) is 232 Å². The number of amides is 9. The van der Waals surface area contributed by atoms with Gasteiger partial charge in [0.05, 0.1) is 108 Å². The maximum atomic E-state index is 12.6. The number of halogens is 6. The Labute approximate surface area is 872 Å². The van der Waals surface area contributed by atoms with Crippen molar-refractivity contribution in [1.29, 1.82) is 0 Å². The van der Waals surface area contributed by atoms with Gasteiger partial charge in [0, 0.05) is 149 Å². The summed E-state index contributed by atoms with van der Waals surface area (Å²) in [5.74, 6) is 6.39. The summed E-state index contributed by atoms with van der Waals surface area (Å²) in [5, 5.41) is 0. The fraction of sp³-hybridized carbons (Fsp3) is 0.835. The van der Waals surface area contributed by atoms with Crippen molar-refractivity contribution in [1.82, 2.24) is 88.5 Å². The molecular formula is C103H174F6N18O21. The zero-order chi connectivity index (χ0) is 110. The molecular weight excluding hydrogens is 1940 g/mol. The number of morpholine rings is 3. The fourth-order valence-corrected chi connectivity index (χ4v) is 17.6. The summed E-state index contributed by atoms with van der Waals surface area (Å²) in [4.78, 5) is 145. The number of piperazine rings is 3. The number of fused-ring (bicyclic) bond motifs is 6. The minimum absolute atomic E-state index is 0.00148. The van der Waals surface area contributed by atoms with E-state index in [4.69, 9.17) is 47.4 Å². The van der Waals surface area contributed by atoms with Crippen molar-refractivity contribution in [3.63, 3.8) is 0 Å². The molecule has 16 aliphatic rings. The van der Waals surface area contributed by atoms with Crippen molar-refractivity contribution < 1.29 is 126 Å². The van der Waals surface area contributed by atoms with E-state index in [0.717, 1.165) is 152 Å². The van der Waals surface area contributed by atoms with Gasteiger partial charge in [-0.2, -0.15) is 8.78 Å². The van der Waals surface area contributed by atoms with Crippen LogP contribution in [0.4, 0.5) is 69.5 Å². The van der Waals surface area contributed by atoms with Crippen LogP contribution in [0, 0.1) is 54.2 Å². The van der Waals surface area contributed by atoms with Crippen molar-refractivity contribution in [2.45, 2.75) is 286 Å². The van der Waals surface area contributed by atoms with Gasteiger partial charge < -0.3 is 111 Å². The zero-order valence-corrected chi connectivity index (χ0v) is 92.8. The summed E-state index contributed by atoms with van der Waals surface area (Å²) >= 11 is 0. The molecule has 0 spiro atoms. The van der Waals surface area contributed by atoms with Crippen LogP contribution in [-0.4, -0.2) is 453 Å². The summed E-state index contributed by atoms with van der Waals surface area (Å²) in [7, 11) is 10.5. The molecule has 0 radical (unpaired) electrons. The Morgan fingerprint density at radius 1 is 0.378 bits per heavy atom. The van der Waals surface area contributed by atoms with Crippen LogP contribution in [0.2, 0.25) is 0 Å². The Balaban J connectivity index is 0.000000199. The first kappa shape index (κ1) is 124. The molecule has 6 unspecified atom stereocenters. The van der Waals surface area contributed by atoms with Crippen LogP contribution in [0.1, 0.15) is 219 Å². The molecule has 9 amide bonds. The quantitative estimate of drug-likeness (QED) is 0.166. The molecule has 39 nitrogen and oxygen atoms in total. The molecule has 6 bridgehead atoms. The van der Waals surface area contributed by atoms with Gasteiger partial charge >= 0.3 is 67.3 Å². The van der Waals surface area contributed by atoms with Crippen LogP contribution in [0.3, 0.4) is 0 Å². The van der Waals surface area contributed by atoms with Gasteiger partial charge in [0.1, 0.15) is 34.1 Å². The van der Waals surface area contributed by atoms with Crippen LogP contribution in [0.5, 0.6) is 0 Å². The molecule has 148 heavy (non-hydrogen) atoms. The second-order valence-electron chi connectivity index (χ2n) is 46.0. The van der Waals surface area contributed by atoms with E-state index in [1.165, 1.54) is 43.2 Å². The van der Waals surface area contributed by atoms with E-state index in [0.29, 0.717) is 171 Å². The zero-order valence-electron chi connectivity index (χ0n) is 92.8. The Morgan fingerprint density at radius 3 is 0.899 bits per heavy atom. The largest absolute Gasteiger partial charge is 0.576 e. The van der Waals surface area contributed by atoms with E-state index in [9.17, 15) is 69.5 Å². The van der Waals surface area contributed by atoms with Crippen LogP contribution in [0.25, 0.3) is 0 Å². The van der Waals surface area contributed by atoms with Crippen LogP contribution < -0.4 is 0 Å². The topological polar surface area (TPSA) is 361 Å². The second-order valence-corrected chi connectivity index (χ2v) is 46.0. The molecule has 16 heterocycles. The lowest BCUT2D eigenvalue weighted by atomic mass is 9.96. The van der Waals surface area contributed by atoms with E-state index < -0.39 is 30.3 Å². The number of aromatic nitrogens is 4. The Bertz CT molecular complexity index is 4090. The molecule has 16 fully saturated rings. The minimum atomic E-state index is -4.87. The number of ether oxygens (including phenoxy) is 12. The van der Waals surface area contributed by atoms with Gasteiger partial charge in [-0.1, -0.05) is 55.4 Å². The summed E-state index contributed by atoms with van der Waals surface area (Å²) in [6, 6.07) is 1.36. The van der Waals surface area contributed by atoms with Crippen molar-refractivity contribution in [3.05, 3.63) is 47.8 Å².